The van der Waals surface area contributed by atoms with Crippen molar-refractivity contribution in [3.8, 4) is 0 Å². The first kappa shape index (κ1) is 23.0. The van der Waals surface area contributed by atoms with E-state index in [9.17, 15) is 4.79 Å². The summed E-state index contributed by atoms with van der Waals surface area (Å²) in [7, 11) is 5.35. The molecule has 0 radical (unpaired) electrons. The fourth-order valence-electron chi connectivity index (χ4n) is 3.50. The Kier molecular flexibility index (Phi) is 8.25. The van der Waals surface area contributed by atoms with Crippen LogP contribution in [-0.2, 0) is 16.1 Å². The van der Waals surface area contributed by atoms with E-state index in [1.165, 1.54) is 5.69 Å². The van der Waals surface area contributed by atoms with Crippen LogP contribution in [0.5, 0.6) is 0 Å². The molecule has 1 unspecified atom stereocenters. The molecule has 1 fully saturated rings. The second-order valence-electron chi connectivity index (χ2n) is 7.52. The van der Waals surface area contributed by atoms with Crippen molar-refractivity contribution in [1.82, 2.24) is 20.1 Å². The molecule has 9 heteroatoms. The summed E-state index contributed by atoms with van der Waals surface area (Å²) in [4.78, 5) is 27.8. The number of para-hydroxylation sites is 1. The molecular weight excluding hydrogens is 412 g/mol. The van der Waals surface area contributed by atoms with Gasteiger partial charge >= 0.3 is 0 Å². The highest BCUT2D eigenvalue weighted by molar-refractivity contribution is 7.09. The average molecular weight is 445 g/mol. The minimum absolute atomic E-state index is 0.0125. The summed E-state index contributed by atoms with van der Waals surface area (Å²) in [6.45, 7) is 5.96. The van der Waals surface area contributed by atoms with Gasteiger partial charge in [0.05, 0.1) is 18.8 Å². The standard InChI is InChI=1S/C22H32N6O2S/c1-17(30-4)21-25-18(16-31-21)15-26(3)22(23-2)24-14-20(29)28-12-10-27(11-13-28)19-8-6-5-7-9-19/h5-9,16-17H,10-15H2,1-4H3,(H,23,24). The number of hydrogen-bond acceptors (Lipinski definition) is 6. The Balaban J connectivity index is 1.45. The van der Waals surface area contributed by atoms with Crippen molar-refractivity contribution >= 4 is 28.9 Å². The zero-order chi connectivity index (χ0) is 22.2. The molecule has 3 rings (SSSR count). The van der Waals surface area contributed by atoms with E-state index in [0.29, 0.717) is 12.5 Å². The number of aliphatic imine (C=N–C) groups is 1. The van der Waals surface area contributed by atoms with Crippen LogP contribution in [0, 0.1) is 0 Å². The Morgan fingerprint density at radius 3 is 2.65 bits per heavy atom. The number of nitrogens with one attached hydrogen (secondary N) is 1. The van der Waals surface area contributed by atoms with Gasteiger partial charge in [0.1, 0.15) is 11.1 Å². The lowest BCUT2D eigenvalue weighted by Crippen LogP contribution is -2.52. The van der Waals surface area contributed by atoms with Gasteiger partial charge in [-0.25, -0.2) is 4.98 Å². The highest BCUT2D eigenvalue weighted by atomic mass is 32.1. The number of guanidine groups is 1. The molecule has 0 bridgehead atoms. The van der Waals surface area contributed by atoms with Crippen molar-refractivity contribution in [2.75, 3.05) is 58.8 Å². The number of aromatic nitrogens is 1. The van der Waals surface area contributed by atoms with Gasteiger partial charge in [0.15, 0.2) is 5.96 Å². The summed E-state index contributed by atoms with van der Waals surface area (Å²) in [5.74, 6) is 0.762. The molecule has 2 heterocycles. The van der Waals surface area contributed by atoms with Crippen molar-refractivity contribution in [3.63, 3.8) is 0 Å². The third kappa shape index (κ3) is 6.18. The number of carbonyl (C=O) groups excluding carboxylic acids is 1. The predicted octanol–water partition coefficient (Wildman–Crippen LogP) is 2.21. The van der Waals surface area contributed by atoms with Crippen LogP contribution in [0.25, 0.3) is 0 Å². The molecule has 0 saturated carbocycles. The van der Waals surface area contributed by atoms with Crippen molar-refractivity contribution in [2.24, 2.45) is 4.99 Å². The first-order valence-electron chi connectivity index (χ1n) is 10.5. The number of rotatable bonds is 7. The van der Waals surface area contributed by atoms with E-state index in [1.54, 1.807) is 25.5 Å². The molecule has 1 aromatic heterocycles. The summed E-state index contributed by atoms with van der Waals surface area (Å²) >= 11 is 1.59. The largest absolute Gasteiger partial charge is 0.375 e. The van der Waals surface area contributed by atoms with Crippen LogP contribution in [0.4, 0.5) is 5.69 Å². The normalized spacial score (nSPS) is 15.7. The van der Waals surface area contributed by atoms with Gasteiger partial charge in [-0.15, -0.1) is 11.3 Å². The van der Waals surface area contributed by atoms with Gasteiger partial charge < -0.3 is 24.8 Å². The SMILES string of the molecule is CN=C(NCC(=O)N1CCN(c2ccccc2)CC1)N(C)Cc1csc(C(C)OC)n1. The maximum Gasteiger partial charge on any atom is 0.242 e. The van der Waals surface area contributed by atoms with E-state index in [2.05, 4.69) is 32.3 Å². The molecule has 1 aromatic carbocycles. The molecule has 1 atom stereocenters. The number of carbonyl (C=O) groups is 1. The maximum absolute atomic E-state index is 12.7. The van der Waals surface area contributed by atoms with Gasteiger partial charge in [-0.05, 0) is 19.1 Å². The van der Waals surface area contributed by atoms with E-state index >= 15 is 0 Å². The number of methoxy groups -OCH3 is 1. The monoisotopic (exact) mass is 444 g/mol. The van der Waals surface area contributed by atoms with Gasteiger partial charge in [-0.2, -0.15) is 0 Å². The van der Waals surface area contributed by atoms with Gasteiger partial charge in [-0.3, -0.25) is 9.79 Å². The quantitative estimate of drug-likeness (QED) is 0.521. The van der Waals surface area contributed by atoms with Gasteiger partial charge in [0.25, 0.3) is 0 Å². The maximum atomic E-state index is 12.7. The summed E-state index contributed by atoms with van der Waals surface area (Å²) < 4.78 is 5.33. The van der Waals surface area contributed by atoms with Crippen LogP contribution < -0.4 is 10.2 Å². The fraction of sp³-hybridized carbons (Fsp3) is 0.500. The van der Waals surface area contributed by atoms with Crippen LogP contribution in [0.15, 0.2) is 40.7 Å². The number of amides is 1. The summed E-state index contributed by atoms with van der Waals surface area (Å²) in [6.07, 6.45) is -0.0125. The lowest BCUT2D eigenvalue weighted by molar-refractivity contribution is -0.130. The third-order valence-corrected chi connectivity index (χ3v) is 6.45. The molecule has 1 aliphatic heterocycles. The van der Waals surface area contributed by atoms with Crippen molar-refractivity contribution < 1.29 is 9.53 Å². The Hall–Kier alpha value is -2.65. The van der Waals surface area contributed by atoms with Crippen molar-refractivity contribution in [2.45, 2.75) is 19.6 Å². The van der Waals surface area contributed by atoms with Crippen LogP contribution in [0.1, 0.15) is 23.7 Å². The number of piperazine rings is 1. The third-order valence-electron chi connectivity index (χ3n) is 5.39. The number of thiazole rings is 1. The van der Waals surface area contributed by atoms with E-state index in [0.717, 1.165) is 36.9 Å². The molecule has 1 saturated heterocycles. The first-order chi connectivity index (χ1) is 15.0. The van der Waals surface area contributed by atoms with Crippen LogP contribution in [0.2, 0.25) is 0 Å². The lowest BCUT2D eigenvalue weighted by atomic mass is 10.2. The van der Waals surface area contributed by atoms with Gasteiger partial charge in [-0.1, -0.05) is 18.2 Å². The molecule has 0 aliphatic carbocycles. The smallest absolute Gasteiger partial charge is 0.242 e. The lowest BCUT2D eigenvalue weighted by Gasteiger charge is -2.36. The highest BCUT2D eigenvalue weighted by Crippen LogP contribution is 2.21. The predicted molar refractivity (Wildman–Crippen MR) is 126 cm³/mol. The molecule has 2 aromatic rings. The zero-order valence-electron chi connectivity index (χ0n) is 18.7. The minimum atomic E-state index is -0.0125. The van der Waals surface area contributed by atoms with E-state index in [1.807, 2.05) is 47.4 Å². The Morgan fingerprint density at radius 2 is 2.00 bits per heavy atom. The number of benzene rings is 1. The summed E-state index contributed by atoms with van der Waals surface area (Å²) in [5, 5.41) is 6.18. The van der Waals surface area contributed by atoms with Gasteiger partial charge in [0.2, 0.25) is 5.91 Å². The fourth-order valence-corrected chi connectivity index (χ4v) is 4.35. The second-order valence-corrected chi connectivity index (χ2v) is 8.40. The molecule has 31 heavy (non-hydrogen) atoms. The Bertz CT molecular complexity index is 864. The number of ether oxygens (including phenoxy) is 1. The molecule has 0 spiro atoms. The van der Waals surface area contributed by atoms with Gasteiger partial charge in [0, 0.05) is 58.5 Å². The summed E-state index contributed by atoms with van der Waals surface area (Å²) in [5.41, 5.74) is 2.16. The first-order valence-corrected chi connectivity index (χ1v) is 11.4. The van der Waals surface area contributed by atoms with Crippen LogP contribution >= 0.6 is 11.3 Å². The van der Waals surface area contributed by atoms with Crippen molar-refractivity contribution in [3.05, 3.63) is 46.4 Å². The Morgan fingerprint density at radius 1 is 1.29 bits per heavy atom. The topological polar surface area (TPSA) is 73.3 Å². The van der Waals surface area contributed by atoms with Crippen molar-refractivity contribution in [1.29, 1.82) is 0 Å². The Labute approximate surface area is 188 Å². The molecule has 168 valence electrons. The second kappa shape index (κ2) is 11.1. The zero-order valence-corrected chi connectivity index (χ0v) is 19.6. The average Bonchev–Trinajstić information content (AvgIpc) is 3.28. The van der Waals surface area contributed by atoms with Crippen LogP contribution in [-0.4, -0.2) is 80.6 Å². The molecular formula is C22H32N6O2S. The highest BCUT2D eigenvalue weighted by Gasteiger charge is 2.21. The van der Waals surface area contributed by atoms with E-state index in [-0.39, 0.29) is 18.6 Å². The summed E-state index contributed by atoms with van der Waals surface area (Å²) in [6, 6.07) is 10.3. The number of hydrogen-bond donors (Lipinski definition) is 1. The minimum Gasteiger partial charge on any atom is -0.375 e. The van der Waals surface area contributed by atoms with Crippen LogP contribution in [0.3, 0.4) is 0 Å². The molecule has 8 nitrogen and oxygen atoms in total. The van der Waals surface area contributed by atoms with E-state index < -0.39 is 0 Å². The number of nitrogens with zero attached hydrogens (tertiary/aromatic N) is 5. The molecule has 1 aliphatic rings. The molecule has 1 amide bonds. The number of anilines is 1. The molecule has 1 N–H and O–H groups in total. The van der Waals surface area contributed by atoms with E-state index in [4.69, 9.17) is 4.74 Å².